The third kappa shape index (κ3) is 3.48. The first kappa shape index (κ1) is 18.4. The maximum atomic E-state index is 12.1. The Morgan fingerprint density at radius 1 is 1.19 bits per heavy atom. The Kier molecular flexibility index (Phi) is 5.19. The Morgan fingerprint density at radius 3 is 2.67 bits per heavy atom. The number of fused-ring (bicyclic) bond motifs is 1. The molecular formula is C20H22BrN3O3. The van der Waals surface area contributed by atoms with Crippen molar-refractivity contribution in [2.75, 3.05) is 7.11 Å². The van der Waals surface area contributed by atoms with E-state index in [1.807, 2.05) is 48.5 Å². The van der Waals surface area contributed by atoms with Crippen molar-refractivity contribution in [3.05, 3.63) is 64.1 Å². The van der Waals surface area contributed by atoms with Gasteiger partial charge < -0.3 is 9.84 Å². The van der Waals surface area contributed by atoms with Gasteiger partial charge in [0.1, 0.15) is 5.75 Å². The SMILES string of the molecule is COc1ccc(Br)cc1C1CC(C(=O)O)C2C(NNC2c2ccccc2)N1. The molecule has 6 nitrogen and oxygen atoms in total. The van der Waals surface area contributed by atoms with E-state index in [-0.39, 0.29) is 24.2 Å². The number of ether oxygens (including phenoxy) is 1. The summed E-state index contributed by atoms with van der Waals surface area (Å²) < 4.78 is 6.45. The fourth-order valence-electron chi connectivity index (χ4n) is 4.30. The molecule has 0 saturated carbocycles. The molecule has 5 atom stereocenters. The van der Waals surface area contributed by atoms with Gasteiger partial charge in [-0.25, -0.2) is 10.9 Å². The van der Waals surface area contributed by atoms with Gasteiger partial charge in [-0.15, -0.1) is 0 Å². The van der Waals surface area contributed by atoms with Crippen LogP contribution < -0.4 is 20.9 Å². The smallest absolute Gasteiger partial charge is 0.307 e. The number of hydrazine groups is 1. The number of carbonyl (C=O) groups is 1. The van der Waals surface area contributed by atoms with Crippen molar-refractivity contribution in [2.24, 2.45) is 11.8 Å². The lowest BCUT2D eigenvalue weighted by Gasteiger charge is -2.39. The van der Waals surface area contributed by atoms with Gasteiger partial charge in [0, 0.05) is 22.0 Å². The fraction of sp³-hybridized carbons (Fsp3) is 0.350. The van der Waals surface area contributed by atoms with E-state index in [1.54, 1.807) is 7.11 Å². The number of rotatable bonds is 4. The maximum absolute atomic E-state index is 12.1. The number of carboxylic acids is 1. The molecule has 2 fully saturated rings. The van der Waals surface area contributed by atoms with Crippen LogP contribution in [0.2, 0.25) is 0 Å². The van der Waals surface area contributed by atoms with Crippen molar-refractivity contribution in [3.8, 4) is 5.75 Å². The molecule has 5 unspecified atom stereocenters. The first-order valence-corrected chi connectivity index (χ1v) is 9.76. The summed E-state index contributed by atoms with van der Waals surface area (Å²) in [6, 6.07) is 15.6. The van der Waals surface area contributed by atoms with E-state index in [4.69, 9.17) is 4.74 Å². The predicted octanol–water partition coefficient (Wildman–Crippen LogP) is 2.98. The Balaban J connectivity index is 1.66. The minimum Gasteiger partial charge on any atom is -0.496 e. The van der Waals surface area contributed by atoms with Crippen molar-refractivity contribution in [3.63, 3.8) is 0 Å². The van der Waals surface area contributed by atoms with Crippen LogP contribution in [0.25, 0.3) is 0 Å². The molecule has 7 heteroatoms. The normalized spacial score (nSPS) is 29.9. The molecule has 0 amide bonds. The van der Waals surface area contributed by atoms with E-state index < -0.39 is 11.9 Å². The number of piperidine rings is 1. The van der Waals surface area contributed by atoms with E-state index in [0.717, 1.165) is 21.3 Å². The summed E-state index contributed by atoms with van der Waals surface area (Å²) in [6.07, 6.45) is 0.342. The summed E-state index contributed by atoms with van der Waals surface area (Å²) in [5, 5.41) is 13.6. The average molecular weight is 432 g/mol. The van der Waals surface area contributed by atoms with Gasteiger partial charge in [-0.1, -0.05) is 46.3 Å². The molecule has 4 N–H and O–H groups in total. The highest BCUT2D eigenvalue weighted by Crippen LogP contribution is 2.44. The third-order valence-corrected chi connectivity index (χ3v) is 6.04. The molecule has 2 saturated heterocycles. The number of nitrogens with one attached hydrogen (secondary N) is 3. The van der Waals surface area contributed by atoms with Gasteiger partial charge in [-0.2, -0.15) is 0 Å². The summed E-state index contributed by atoms with van der Waals surface area (Å²) in [7, 11) is 1.63. The van der Waals surface area contributed by atoms with Crippen molar-refractivity contribution in [2.45, 2.75) is 24.7 Å². The number of halogens is 1. The molecule has 142 valence electrons. The molecule has 2 heterocycles. The lowest BCUT2D eigenvalue weighted by molar-refractivity contribution is -0.146. The van der Waals surface area contributed by atoms with Gasteiger partial charge in [-0.05, 0) is 30.2 Å². The topological polar surface area (TPSA) is 82.6 Å². The first-order valence-electron chi connectivity index (χ1n) is 8.97. The van der Waals surface area contributed by atoms with Crippen LogP contribution in [0.1, 0.15) is 29.6 Å². The lowest BCUT2D eigenvalue weighted by atomic mass is 9.74. The highest BCUT2D eigenvalue weighted by molar-refractivity contribution is 9.10. The number of hydrogen-bond donors (Lipinski definition) is 4. The van der Waals surface area contributed by atoms with Crippen LogP contribution in [0.3, 0.4) is 0 Å². The molecular weight excluding hydrogens is 410 g/mol. The molecule has 0 spiro atoms. The zero-order valence-electron chi connectivity index (χ0n) is 14.9. The molecule has 4 rings (SSSR count). The van der Waals surface area contributed by atoms with Crippen LogP contribution in [0.5, 0.6) is 5.75 Å². The van der Waals surface area contributed by atoms with E-state index >= 15 is 0 Å². The molecule has 2 aliphatic rings. The van der Waals surface area contributed by atoms with Crippen LogP contribution in [0.4, 0.5) is 0 Å². The Labute approximate surface area is 166 Å². The Bertz CT molecular complexity index is 832. The second kappa shape index (κ2) is 7.59. The number of benzene rings is 2. The zero-order valence-corrected chi connectivity index (χ0v) is 16.4. The molecule has 2 aromatic rings. The summed E-state index contributed by atoms with van der Waals surface area (Å²) >= 11 is 3.51. The lowest BCUT2D eigenvalue weighted by Crippen LogP contribution is -2.53. The van der Waals surface area contributed by atoms with Crippen LogP contribution in [0.15, 0.2) is 53.0 Å². The molecule has 2 aliphatic heterocycles. The maximum Gasteiger partial charge on any atom is 0.307 e. The van der Waals surface area contributed by atoms with Gasteiger partial charge in [0.15, 0.2) is 0 Å². The van der Waals surface area contributed by atoms with Gasteiger partial charge in [0.25, 0.3) is 0 Å². The Hall–Kier alpha value is -1.93. The summed E-state index contributed by atoms with van der Waals surface area (Å²) in [4.78, 5) is 12.1. The summed E-state index contributed by atoms with van der Waals surface area (Å²) in [6.45, 7) is 0. The predicted molar refractivity (Wildman–Crippen MR) is 105 cm³/mol. The molecule has 27 heavy (non-hydrogen) atoms. The van der Waals surface area contributed by atoms with E-state index in [2.05, 4.69) is 32.1 Å². The minimum atomic E-state index is -0.767. The summed E-state index contributed by atoms with van der Waals surface area (Å²) in [5.74, 6) is -0.599. The molecule has 0 bridgehead atoms. The monoisotopic (exact) mass is 431 g/mol. The molecule has 2 aromatic carbocycles. The van der Waals surface area contributed by atoms with E-state index in [1.165, 1.54) is 0 Å². The fourth-order valence-corrected chi connectivity index (χ4v) is 4.68. The zero-order chi connectivity index (χ0) is 19.0. The van der Waals surface area contributed by atoms with Crippen LogP contribution in [-0.4, -0.2) is 24.4 Å². The highest BCUT2D eigenvalue weighted by atomic mass is 79.9. The van der Waals surface area contributed by atoms with Crippen LogP contribution >= 0.6 is 15.9 Å². The molecule has 0 aromatic heterocycles. The van der Waals surface area contributed by atoms with Gasteiger partial charge in [0.05, 0.1) is 25.2 Å². The highest BCUT2D eigenvalue weighted by Gasteiger charge is 2.49. The van der Waals surface area contributed by atoms with Crippen molar-refractivity contribution < 1.29 is 14.6 Å². The quantitative estimate of drug-likeness (QED) is 0.595. The molecule has 0 radical (unpaired) electrons. The summed E-state index contributed by atoms with van der Waals surface area (Å²) in [5.41, 5.74) is 8.61. The Morgan fingerprint density at radius 2 is 1.96 bits per heavy atom. The number of hydrogen-bond acceptors (Lipinski definition) is 5. The number of methoxy groups -OCH3 is 1. The third-order valence-electron chi connectivity index (χ3n) is 5.54. The minimum absolute atomic E-state index is 0.0600. The van der Waals surface area contributed by atoms with Crippen molar-refractivity contribution in [1.29, 1.82) is 0 Å². The van der Waals surface area contributed by atoms with Gasteiger partial charge in [0.2, 0.25) is 0 Å². The second-order valence-corrected chi connectivity index (χ2v) is 7.93. The second-order valence-electron chi connectivity index (χ2n) is 7.02. The van der Waals surface area contributed by atoms with Gasteiger partial charge in [-0.3, -0.25) is 10.1 Å². The van der Waals surface area contributed by atoms with E-state index in [9.17, 15) is 9.90 Å². The largest absolute Gasteiger partial charge is 0.496 e. The van der Waals surface area contributed by atoms with Crippen molar-refractivity contribution >= 4 is 21.9 Å². The number of aliphatic carboxylic acids is 1. The first-order chi connectivity index (χ1) is 13.1. The van der Waals surface area contributed by atoms with Crippen LogP contribution in [0, 0.1) is 11.8 Å². The molecule has 0 aliphatic carbocycles. The van der Waals surface area contributed by atoms with E-state index in [0.29, 0.717) is 6.42 Å². The van der Waals surface area contributed by atoms with Crippen LogP contribution in [-0.2, 0) is 4.79 Å². The van der Waals surface area contributed by atoms with Gasteiger partial charge >= 0.3 is 5.97 Å². The standard InChI is InChI=1S/C20H22BrN3O3/c1-27-16-8-7-12(21)9-13(16)15-10-14(20(25)26)17-18(23-24-19(17)22-15)11-5-3-2-4-6-11/h2-9,14-15,17-19,22-24H,10H2,1H3,(H,25,26). The van der Waals surface area contributed by atoms with Crippen molar-refractivity contribution in [1.82, 2.24) is 16.2 Å². The average Bonchev–Trinajstić information content (AvgIpc) is 3.11. The number of carboxylic acid groups (broad SMARTS) is 1.